The maximum Gasteiger partial charge on any atom is 0.123 e. The van der Waals surface area contributed by atoms with E-state index < -0.39 is 0 Å². The third kappa shape index (κ3) is 2.05. The van der Waals surface area contributed by atoms with Crippen LogP contribution >= 0.6 is 11.3 Å². The van der Waals surface area contributed by atoms with Gasteiger partial charge in [0.2, 0.25) is 0 Å². The molecule has 3 nitrogen and oxygen atoms in total. The molecule has 1 aliphatic heterocycles. The van der Waals surface area contributed by atoms with Gasteiger partial charge < -0.3 is 5.73 Å². The molecule has 18 heavy (non-hydrogen) atoms. The second kappa shape index (κ2) is 4.76. The van der Waals surface area contributed by atoms with Crippen molar-refractivity contribution in [1.82, 2.24) is 9.88 Å². The molecule has 0 saturated carbocycles. The zero-order valence-corrected chi connectivity index (χ0v) is 10.7. The molecule has 2 N–H and O–H groups in total. The minimum Gasteiger partial charge on any atom is -0.329 e. The van der Waals surface area contributed by atoms with E-state index in [1.807, 2.05) is 11.4 Å². The largest absolute Gasteiger partial charge is 0.329 e. The van der Waals surface area contributed by atoms with Gasteiger partial charge in [0.15, 0.2) is 0 Å². The Kier molecular flexibility index (Phi) is 3.11. The second-order valence-electron chi connectivity index (χ2n) is 4.43. The molecule has 0 fully saturated rings. The molecule has 0 saturated heterocycles. The summed E-state index contributed by atoms with van der Waals surface area (Å²) in [5, 5.41) is 3.04. The van der Waals surface area contributed by atoms with Crippen LogP contribution in [0.2, 0.25) is 0 Å². The molecule has 94 valence electrons. The number of hydrogen-bond donors (Lipinski definition) is 1. The van der Waals surface area contributed by atoms with E-state index in [2.05, 4.69) is 9.88 Å². The minimum atomic E-state index is -0.191. The number of rotatable bonds is 3. The lowest BCUT2D eigenvalue weighted by atomic mass is 10.0. The van der Waals surface area contributed by atoms with Crippen molar-refractivity contribution >= 4 is 11.3 Å². The summed E-state index contributed by atoms with van der Waals surface area (Å²) in [6, 6.07) is 5.07. The van der Waals surface area contributed by atoms with Gasteiger partial charge in [-0.05, 0) is 23.3 Å². The predicted molar refractivity (Wildman–Crippen MR) is 69.6 cm³/mol. The van der Waals surface area contributed by atoms with Crippen molar-refractivity contribution in [2.45, 2.75) is 19.1 Å². The van der Waals surface area contributed by atoms with Gasteiger partial charge in [0.05, 0.1) is 6.54 Å². The molecule has 0 radical (unpaired) electrons. The Morgan fingerprint density at radius 3 is 3.11 bits per heavy atom. The highest BCUT2D eigenvalue weighted by atomic mass is 32.1. The van der Waals surface area contributed by atoms with Crippen LogP contribution < -0.4 is 5.73 Å². The maximum absolute atomic E-state index is 13.3. The van der Waals surface area contributed by atoms with Crippen molar-refractivity contribution in [3.63, 3.8) is 0 Å². The van der Waals surface area contributed by atoms with Crippen LogP contribution in [0.4, 0.5) is 4.39 Å². The fourth-order valence-corrected chi connectivity index (χ4v) is 3.13. The second-order valence-corrected chi connectivity index (χ2v) is 5.40. The van der Waals surface area contributed by atoms with Crippen LogP contribution in [0, 0.1) is 5.82 Å². The lowest BCUT2D eigenvalue weighted by Crippen LogP contribution is -2.27. The quantitative estimate of drug-likeness (QED) is 0.924. The van der Waals surface area contributed by atoms with Gasteiger partial charge in [-0.3, -0.25) is 4.90 Å². The molecule has 0 bridgehead atoms. The third-order valence-corrected chi connectivity index (χ3v) is 4.09. The molecule has 1 aromatic heterocycles. The first-order valence-electron chi connectivity index (χ1n) is 5.88. The van der Waals surface area contributed by atoms with Crippen molar-refractivity contribution in [3.05, 3.63) is 51.7 Å². The van der Waals surface area contributed by atoms with Gasteiger partial charge in [0.25, 0.3) is 0 Å². The highest BCUT2D eigenvalue weighted by molar-refractivity contribution is 7.09. The zero-order valence-electron chi connectivity index (χ0n) is 9.84. The molecule has 2 aromatic rings. The Bertz CT molecular complexity index is 541. The number of hydrogen-bond acceptors (Lipinski definition) is 4. The topological polar surface area (TPSA) is 42.1 Å². The molecule has 3 rings (SSSR count). The van der Waals surface area contributed by atoms with E-state index in [1.54, 1.807) is 23.6 Å². The summed E-state index contributed by atoms with van der Waals surface area (Å²) < 4.78 is 13.3. The molecular formula is C13H14FN3S. The summed E-state index contributed by atoms with van der Waals surface area (Å²) in [6.45, 7) is 2.09. The van der Waals surface area contributed by atoms with Gasteiger partial charge in [0, 0.05) is 30.7 Å². The first-order chi connectivity index (χ1) is 8.78. The third-order valence-electron chi connectivity index (χ3n) is 3.33. The van der Waals surface area contributed by atoms with E-state index in [0.717, 1.165) is 23.7 Å². The van der Waals surface area contributed by atoms with Crippen LogP contribution in [-0.4, -0.2) is 16.4 Å². The zero-order chi connectivity index (χ0) is 12.5. The average molecular weight is 263 g/mol. The molecule has 0 spiro atoms. The Hall–Kier alpha value is -1.30. The lowest BCUT2D eigenvalue weighted by molar-refractivity contribution is 0.210. The summed E-state index contributed by atoms with van der Waals surface area (Å²) >= 11 is 1.64. The number of halogens is 1. The molecule has 2 heterocycles. The van der Waals surface area contributed by atoms with E-state index in [9.17, 15) is 4.39 Å². The van der Waals surface area contributed by atoms with Gasteiger partial charge in [0.1, 0.15) is 10.8 Å². The van der Waals surface area contributed by atoms with Crippen LogP contribution in [0.5, 0.6) is 0 Å². The highest BCUT2D eigenvalue weighted by Crippen LogP contribution is 2.34. The van der Waals surface area contributed by atoms with Gasteiger partial charge in [-0.15, -0.1) is 11.3 Å². The molecule has 1 atom stereocenters. The van der Waals surface area contributed by atoms with Crippen LogP contribution in [0.15, 0.2) is 29.8 Å². The van der Waals surface area contributed by atoms with E-state index in [1.165, 1.54) is 11.6 Å². The minimum absolute atomic E-state index is 0.0969. The van der Waals surface area contributed by atoms with E-state index in [4.69, 9.17) is 5.73 Å². The molecule has 0 amide bonds. The number of nitrogens with zero attached hydrogens (tertiary/aromatic N) is 2. The lowest BCUT2D eigenvalue weighted by Gasteiger charge is -2.22. The normalized spacial score (nSPS) is 19.1. The number of fused-ring (bicyclic) bond motifs is 1. The van der Waals surface area contributed by atoms with Crippen molar-refractivity contribution in [2.24, 2.45) is 5.73 Å². The van der Waals surface area contributed by atoms with Crippen molar-refractivity contribution in [3.8, 4) is 0 Å². The Morgan fingerprint density at radius 2 is 2.39 bits per heavy atom. The number of nitrogens with two attached hydrogens (primary N) is 1. The summed E-state index contributed by atoms with van der Waals surface area (Å²) in [4.78, 5) is 6.54. The van der Waals surface area contributed by atoms with Crippen LogP contribution in [0.25, 0.3) is 0 Å². The predicted octanol–water partition coefficient (Wildman–Crippen LogP) is 2.30. The monoisotopic (exact) mass is 263 g/mol. The summed E-state index contributed by atoms with van der Waals surface area (Å²) in [6.07, 6.45) is 1.81. The molecule has 1 unspecified atom stereocenters. The fourth-order valence-electron chi connectivity index (χ4n) is 2.49. The van der Waals surface area contributed by atoms with Gasteiger partial charge >= 0.3 is 0 Å². The summed E-state index contributed by atoms with van der Waals surface area (Å²) in [5.41, 5.74) is 8.03. The van der Waals surface area contributed by atoms with E-state index in [-0.39, 0.29) is 11.9 Å². The first kappa shape index (κ1) is 11.8. The molecular weight excluding hydrogens is 249 g/mol. The van der Waals surface area contributed by atoms with Crippen LogP contribution in [0.3, 0.4) is 0 Å². The van der Waals surface area contributed by atoms with Gasteiger partial charge in [-0.25, -0.2) is 9.37 Å². The summed E-state index contributed by atoms with van der Waals surface area (Å²) in [7, 11) is 0. The van der Waals surface area contributed by atoms with Crippen molar-refractivity contribution in [1.29, 1.82) is 0 Å². The Labute approximate surface area is 109 Å². The van der Waals surface area contributed by atoms with Crippen LogP contribution in [0.1, 0.15) is 22.2 Å². The highest BCUT2D eigenvalue weighted by Gasteiger charge is 2.29. The van der Waals surface area contributed by atoms with E-state index in [0.29, 0.717) is 6.54 Å². The maximum atomic E-state index is 13.3. The average Bonchev–Trinajstić information content (AvgIpc) is 2.96. The van der Waals surface area contributed by atoms with Gasteiger partial charge in [-0.1, -0.05) is 6.07 Å². The summed E-state index contributed by atoms with van der Waals surface area (Å²) in [5.74, 6) is -0.191. The molecule has 1 aromatic carbocycles. The smallest absolute Gasteiger partial charge is 0.123 e. The fraction of sp³-hybridized carbons (Fsp3) is 0.308. The van der Waals surface area contributed by atoms with Gasteiger partial charge in [-0.2, -0.15) is 0 Å². The standard InChI is InChI=1S/C13H14FN3S/c14-10-2-1-9-7-17(8-13-16-3-4-18-13)12(6-15)11(9)5-10/h1-5,12H,6-8,15H2. The molecule has 0 aliphatic carbocycles. The van der Waals surface area contributed by atoms with Crippen molar-refractivity contribution in [2.75, 3.05) is 6.54 Å². The van der Waals surface area contributed by atoms with Crippen LogP contribution in [-0.2, 0) is 13.1 Å². The number of thiazole rings is 1. The Morgan fingerprint density at radius 1 is 1.50 bits per heavy atom. The van der Waals surface area contributed by atoms with E-state index >= 15 is 0 Å². The molecule has 1 aliphatic rings. The van der Waals surface area contributed by atoms with Crippen molar-refractivity contribution < 1.29 is 4.39 Å². The molecule has 5 heteroatoms. The Balaban J connectivity index is 1.87. The first-order valence-corrected chi connectivity index (χ1v) is 6.76. The number of benzene rings is 1. The SMILES string of the molecule is NCC1c2cc(F)ccc2CN1Cc1nccs1. The number of aromatic nitrogens is 1.